The predicted molar refractivity (Wildman–Crippen MR) is 108 cm³/mol. The Bertz CT molecular complexity index is 696. The largest absolute Gasteiger partial charge is 0.379 e. The van der Waals surface area contributed by atoms with Gasteiger partial charge in [-0.05, 0) is 51.0 Å². The third-order valence-electron chi connectivity index (χ3n) is 5.76. The molecule has 2 saturated heterocycles. The van der Waals surface area contributed by atoms with Crippen LogP contribution in [0.5, 0.6) is 0 Å². The topological polar surface area (TPSA) is 73.9 Å². The van der Waals surface area contributed by atoms with E-state index in [-0.39, 0.29) is 29.3 Å². The number of hydrogen-bond acceptors (Lipinski definition) is 4. The Balaban J connectivity index is 1.41. The Kier molecular flexibility index (Phi) is 7.08. The van der Waals surface area contributed by atoms with Gasteiger partial charge in [-0.25, -0.2) is 9.18 Å². The molecule has 0 aliphatic carbocycles. The van der Waals surface area contributed by atoms with Crippen molar-refractivity contribution in [2.75, 3.05) is 45.9 Å². The fourth-order valence-electron chi connectivity index (χ4n) is 3.78. The van der Waals surface area contributed by atoms with Crippen LogP contribution in [0.3, 0.4) is 0 Å². The molecule has 2 heterocycles. The number of hydrogen-bond donors (Lipinski definition) is 2. The van der Waals surface area contributed by atoms with E-state index in [4.69, 9.17) is 4.74 Å². The zero-order valence-corrected chi connectivity index (χ0v) is 17.2. The number of likely N-dealkylation sites (tertiary alicyclic amines) is 1. The van der Waals surface area contributed by atoms with E-state index in [1.807, 2.05) is 0 Å². The maximum absolute atomic E-state index is 13.0. The first-order valence-electron chi connectivity index (χ1n) is 10.3. The van der Waals surface area contributed by atoms with E-state index in [2.05, 4.69) is 29.4 Å². The molecule has 8 heteroatoms. The molecule has 0 radical (unpaired) electrons. The predicted octanol–water partition coefficient (Wildman–Crippen LogP) is 1.84. The van der Waals surface area contributed by atoms with Gasteiger partial charge in [0.15, 0.2) is 0 Å². The van der Waals surface area contributed by atoms with Gasteiger partial charge in [0, 0.05) is 49.9 Å². The number of piperidine rings is 1. The number of carbonyl (C=O) groups is 2. The first-order chi connectivity index (χ1) is 13.8. The Hall–Kier alpha value is -2.19. The number of nitrogens with zero attached hydrogens (tertiary/aromatic N) is 2. The van der Waals surface area contributed by atoms with Crippen molar-refractivity contribution in [2.24, 2.45) is 0 Å². The zero-order chi connectivity index (χ0) is 20.9. The van der Waals surface area contributed by atoms with E-state index in [0.29, 0.717) is 38.0 Å². The molecule has 0 saturated carbocycles. The van der Waals surface area contributed by atoms with Crippen molar-refractivity contribution in [1.29, 1.82) is 0 Å². The van der Waals surface area contributed by atoms with Crippen LogP contribution in [-0.4, -0.2) is 79.3 Å². The number of nitrogens with one attached hydrogen (secondary N) is 2. The zero-order valence-electron chi connectivity index (χ0n) is 17.2. The van der Waals surface area contributed by atoms with E-state index in [1.54, 1.807) is 4.90 Å². The summed E-state index contributed by atoms with van der Waals surface area (Å²) >= 11 is 0. The summed E-state index contributed by atoms with van der Waals surface area (Å²) in [5.74, 6) is -0.571. The van der Waals surface area contributed by atoms with Crippen molar-refractivity contribution in [3.63, 3.8) is 0 Å². The Morgan fingerprint density at radius 2 is 1.72 bits per heavy atom. The minimum atomic E-state index is -0.363. The summed E-state index contributed by atoms with van der Waals surface area (Å²) in [5.41, 5.74) is 0.317. The molecular formula is C21H31FN4O3. The number of halogens is 1. The molecule has 2 aliphatic rings. The molecule has 29 heavy (non-hydrogen) atoms. The van der Waals surface area contributed by atoms with Crippen molar-refractivity contribution in [3.8, 4) is 0 Å². The Morgan fingerprint density at radius 1 is 1.10 bits per heavy atom. The van der Waals surface area contributed by atoms with E-state index < -0.39 is 0 Å². The summed E-state index contributed by atoms with van der Waals surface area (Å²) in [6, 6.07) is 5.46. The molecule has 0 bridgehead atoms. The lowest BCUT2D eigenvalue weighted by Gasteiger charge is -2.41. The number of ether oxygens (including phenoxy) is 1. The Morgan fingerprint density at radius 3 is 2.34 bits per heavy atom. The monoisotopic (exact) mass is 406 g/mol. The van der Waals surface area contributed by atoms with Crippen molar-refractivity contribution in [1.82, 2.24) is 20.4 Å². The summed E-state index contributed by atoms with van der Waals surface area (Å²) in [4.78, 5) is 29.0. The molecule has 1 aromatic rings. The second kappa shape index (κ2) is 9.54. The van der Waals surface area contributed by atoms with Gasteiger partial charge in [-0.1, -0.05) is 0 Å². The van der Waals surface area contributed by atoms with Crippen LogP contribution >= 0.6 is 0 Å². The highest BCUT2D eigenvalue weighted by Crippen LogP contribution is 2.16. The van der Waals surface area contributed by atoms with E-state index in [9.17, 15) is 14.0 Å². The molecule has 7 nitrogen and oxygen atoms in total. The van der Waals surface area contributed by atoms with E-state index in [1.165, 1.54) is 24.3 Å². The first-order valence-corrected chi connectivity index (χ1v) is 10.3. The van der Waals surface area contributed by atoms with Gasteiger partial charge >= 0.3 is 6.03 Å². The molecule has 0 aromatic heterocycles. The molecule has 1 aromatic carbocycles. The standard InChI is InChI=1S/C21H31FN4O3/c1-21(2,26-11-13-29-14-12-26)15-23-20(28)25-9-7-18(8-10-25)24-19(27)16-3-5-17(22)6-4-16/h3-6,18H,7-15H2,1-2H3,(H,23,28)(H,24,27). The molecule has 160 valence electrons. The second-order valence-corrected chi connectivity index (χ2v) is 8.31. The van der Waals surface area contributed by atoms with Gasteiger partial charge in [0.2, 0.25) is 0 Å². The first kappa shape index (κ1) is 21.5. The van der Waals surface area contributed by atoms with Gasteiger partial charge in [-0.3, -0.25) is 9.69 Å². The third-order valence-corrected chi connectivity index (χ3v) is 5.76. The van der Waals surface area contributed by atoms with Gasteiger partial charge in [0.25, 0.3) is 5.91 Å². The van der Waals surface area contributed by atoms with Crippen LogP contribution in [0.25, 0.3) is 0 Å². The lowest BCUT2D eigenvalue weighted by molar-refractivity contribution is -0.00910. The van der Waals surface area contributed by atoms with Crippen molar-refractivity contribution in [3.05, 3.63) is 35.6 Å². The molecule has 0 spiro atoms. The van der Waals surface area contributed by atoms with Crippen LogP contribution in [0.15, 0.2) is 24.3 Å². The second-order valence-electron chi connectivity index (χ2n) is 8.31. The highest BCUT2D eigenvalue weighted by Gasteiger charge is 2.30. The van der Waals surface area contributed by atoms with Crippen LogP contribution in [0.2, 0.25) is 0 Å². The summed E-state index contributed by atoms with van der Waals surface area (Å²) in [6.07, 6.45) is 1.40. The SMILES string of the molecule is CC(C)(CNC(=O)N1CCC(NC(=O)c2ccc(F)cc2)CC1)N1CCOCC1. The fraction of sp³-hybridized carbons (Fsp3) is 0.619. The van der Waals surface area contributed by atoms with Crippen LogP contribution in [0.1, 0.15) is 37.0 Å². The average molecular weight is 407 g/mol. The number of morpholine rings is 1. The number of urea groups is 1. The van der Waals surface area contributed by atoms with Gasteiger partial charge in [0.05, 0.1) is 13.2 Å². The fourth-order valence-corrected chi connectivity index (χ4v) is 3.78. The molecule has 0 atom stereocenters. The highest BCUT2D eigenvalue weighted by atomic mass is 19.1. The highest BCUT2D eigenvalue weighted by molar-refractivity contribution is 5.94. The number of amides is 3. The van der Waals surface area contributed by atoms with Crippen LogP contribution in [0, 0.1) is 5.82 Å². The van der Waals surface area contributed by atoms with E-state index in [0.717, 1.165) is 26.3 Å². The van der Waals surface area contributed by atoms with Gasteiger partial charge in [-0.2, -0.15) is 0 Å². The summed E-state index contributed by atoms with van der Waals surface area (Å²) in [6.45, 7) is 9.25. The Labute approximate surface area is 171 Å². The van der Waals surface area contributed by atoms with Crippen LogP contribution in [-0.2, 0) is 4.74 Å². The summed E-state index contributed by atoms with van der Waals surface area (Å²) < 4.78 is 18.4. The number of carbonyl (C=O) groups excluding carboxylic acids is 2. The summed E-state index contributed by atoms with van der Waals surface area (Å²) in [7, 11) is 0. The normalized spacial score (nSPS) is 19.1. The van der Waals surface area contributed by atoms with Crippen molar-refractivity contribution in [2.45, 2.75) is 38.3 Å². The molecule has 3 rings (SSSR count). The van der Waals surface area contributed by atoms with Gasteiger partial charge in [0.1, 0.15) is 5.82 Å². The van der Waals surface area contributed by atoms with Crippen LogP contribution < -0.4 is 10.6 Å². The van der Waals surface area contributed by atoms with Gasteiger partial charge < -0.3 is 20.3 Å². The molecule has 2 aliphatic heterocycles. The lowest BCUT2D eigenvalue weighted by atomic mass is 10.0. The quantitative estimate of drug-likeness (QED) is 0.783. The number of rotatable bonds is 5. The molecule has 0 unspecified atom stereocenters. The minimum Gasteiger partial charge on any atom is -0.379 e. The maximum atomic E-state index is 13.0. The molecular weight excluding hydrogens is 375 g/mol. The molecule has 2 fully saturated rings. The minimum absolute atomic E-state index is 0.0152. The maximum Gasteiger partial charge on any atom is 0.317 e. The van der Waals surface area contributed by atoms with Crippen molar-refractivity contribution >= 4 is 11.9 Å². The lowest BCUT2D eigenvalue weighted by Crippen LogP contribution is -2.57. The smallest absolute Gasteiger partial charge is 0.317 e. The van der Waals surface area contributed by atoms with E-state index >= 15 is 0 Å². The summed E-state index contributed by atoms with van der Waals surface area (Å²) in [5, 5.41) is 6.03. The van der Waals surface area contributed by atoms with Gasteiger partial charge in [-0.15, -0.1) is 0 Å². The van der Waals surface area contributed by atoms with Crippen LogP contribution in [0.4, 0.5) is 9.18 Å². The molecule has 2 N–H and O–H groups in total. The third kappa shape index (κ3) is 5.90. The van der Waals surface area contributed by atoms with Crippen molar-refractivity contribution < 1.29 is 18.7 Å². The number of benzene rings is 1. The molecule has 3 amide bonds. The average Bonchev–Trinajstić information content (AvgIpc) is 2.73.